The number of rotatable bonds is 7. The van der Waals surface area contributed by atoms with Gasteiger partial charge in [0.15, 0.2) is 16.3 Å². The maximum Gasteiger partial charge on any atom is 0.338 e. The lowest BCUT2D eigenvalue weighted by molar-refractivity contribution is -0.136. The van der Waals surface area contributed by atoms with Crippen molar-refractivity contribution >= 4 is 41.0 Å². The molecule has 1 atom stereocenters. The van der Waals surface area contributed by atoms with Gasteiger partial charge >= 0.3 is 11.9 Å². The lowest BCUT2D eigenvalue weighted by Gasteiger charge is -2.25. The quantitative estimate of drug-likeness (QED) is 0.182. The highest BCUT2D eigenvalue weighted by Crippen LogP contribution is 2.36. The average Bonchev–Trinajstić information content (AvgIpc) is 3.61. The summed E-state index contributed by atoms with van der Waals surface area (Å²) in [5.41, 5.74) is 3.80. The van der Waals surface area contributed by atoms with E-state index in [0.717, 1.165) is 11.3 Å². The van der Waals surface area contributed by atoms with Crippen molar-refractivity contribution in [2.45, 2.75) is 19.9 Å². The fourth-order valence-electron chi connectivity index (χ4n) is 5.28. The first-order valence-electron chi connectivity index (χ1n) is 14.1. The Morgan fingerprint density at radius 2 is 1.74 bits per heavy atom. The van der Waals surface area contributed by atoms with E-state index in [1.165, 1.54) is 37.0 Å². The summed E-state index contributed by atoms with van der Waals surface area (Å²) in [5.74, 6) is -0.678. The first kappa shape index (κ1) is 30.8. The molecule has 0 bridgehead atoms. The van der Waals surface area contributed by atoms with Crippen molar-refractivity contribution in [1.29, 1.82) is 0 Å². The minimum atomic E-state index is -0.895. The van der Waals surface area contributed by atoms with Crippen LogP contribution in [0.3, 0.4) is 0 Å². The Hall–Kier alpha value is -5.26. The summed E-state index contributed by atoms with van der Waals surface area (Å²) in [6.07, 6.45) is 3.64. The molecule has 2 aromatic heterocycles. The second kappa shape index (κ2) is 12.6. The number of ether oxygens (including phenoxy) is 3. The van der Waals surface area contributed by atoms with Crippen molar-refractivity contribution in [3.05, 3.63) is 126 Å². The van der Waals surface area contributed by atoms with Gasteiger partial charge in [0.2, 0.25) is 0 Å². The average molecular weight is 655 g/mol. The van der Waals surface area contributed by atoms with Gasteiger partial charge in [-0.05, 0) is 55.0 Å². The minimum absolute atomic E-state index is 0.197. The SMILES string of the molecule is COC(=O)C1=C(C)N=c2s/c(=C\c3cn(-c4ccccc4)nc3-c3ccc(Cl)cc3)c(=O)n2[C@H]1c1ccc(OC(C)=O)c(OC)c1. The Morgan fingerprint density at radius 1 is 1.00 bits per heavy atom. The molecule has 3 heterocycles. The first-order valence-corrected chi connectivity index (χ1v) is 15.3. The van der Waals surface area contributed by atoms with Crippen LogP contribution in [0.25, 0.3) is 23.0 Å². The number of carbonyl (C=O) groups is 2. The number of fused-ring (bicyclic) bond motifs is 1. The predicted octanol–water partition coefficient (Wildman–Crippen LogP) is 4.85. The van der Waals surface area contributed by atoms with E-state index in [0.29, 0.717) is 36.9 Å². The van der Waals surface area contributed by atoms with Gasteiger partial charge in [-0.25, -0.2) is 14.5 Å². The highest BCUT2D eigenvalue weighted by atomic mass is 35.5. The van der Waals surface area contributed by atoms with E-state index in [2.05, 4.69) is 4.99 Å². The van der Waals surface area contributed by atoms with Gasteiger partial charge in [-0.15, -0.1) is 0 Å². The van der Waals surface area contributed by atoms with Gasteiger partial charge in [0.1, 0.15) is 5.69 Å². The third-order valence-corrected chi connectivity index (χ3v) is 8.59. The van der Waals surface area contributed by atoms with Crippen molar-refractivity contribution in [3.63, 3.8) is 0 Å². The standard InChI is InChI=1S/C34H27ClN4O6S/c1-19-29(33(42)44-4)31(22-12-15-26(45-20(2)40)27(16-22)43-3)39-32(41)28(46-34(39)36-19)17-23-18-38(25-8-6-5-7-9-25)37-30(23)21-10-13-24(35)14-11-21/h5-18,31H,1-4H3/b28-17-/t31-/m0/s1. The molecule has 0 amide bonds. The van der Waals surface area contributed by atoms with Crippen LogP contribution in [0.1, 0.15) is 31.0 Å². The topological polar surface area (TPSA) is 114 Å². The molecular formula is C34H27ClN4O6S. The minimum Gasteiger partial charge on any atom is -0.493 e. The Balaban J connectivity index is 1.56. The Kier molecular flexibility index (Phi) is 8.44. The number of allylic oxidation sites excluding steroid dienone is 1. The van der Waals surface area contributed by atoms with Crippen LogP contribution in [0, 0.1) is 0 Å². The molecule has 10 nitrogen and oxygen atoms in total. The normalized spacial score (nSPS) is 14.5. The molecule has 0 saturated carbocycles. The number of halogens is 1. The molecule has 0 fully saturated rings. The molecule has 0 spiro atoms. The number of esters is 2. The Bertz CT molecular complexity index is 2200. The largest absolute Gasteiger partial charge is 0.493 e. The molecule has 46 heavy (non-hydrogen) atoms. The fourth-order valence-corrected chi connectivity index (χ4v) is 6.44. The van der Waals surface area contributed by atoms with Crippen molar-refractivity contribution in [3.8, 4) is 28.4 Å². The molecule has 232 valence electrons. The number of hydrogen-bond donors (Lipinski definition) is 0. The van der Waals surface area contributed by atoms with E-state index in [1.807, 2.05) is 48.7 Å². The van der Waals surface area contributed by atoms with E-state index in [4.69, 9.17) is 30.9 Å². The van der Waals surface area contributed by atoms with Crippen LogP contribution in [-0.4, -0.2) is 40.5 Å². The van der Waals surface area contributed by atoms with Crippen molar-refractivity contribution in [2.75, 3.05) is 14.2 Å². The maximum absolute atomic E-state index is 14.3. The van der Waals surface area contributed by atoms with Crippen LogP contribution in [0.2, 0.25) is 5.02 Å². The third kappa shape index (κ3) is 5.78. The zero-order chi connectivity index (χ0) is 32.5. The molecule has 3 aromatic carbocycles. The summed E-state index contributed by atoms with van der Waals surface area (Å²) >= 11 is 7.36. The summed E-state index contributed by atoms with van der Waals surface area (Å²) < 4.78 is 19.5. The van der Waals surface area contributed by atoms with Gasteiger partial charge in [-0.1, -0.05) is 59.3 Å². The molecule has 12 heteroatoms. The molecule has 5 aromatic rings. The predicted molar refractivity (Wildman–Crippen MR) is 174 cm³/mol. The molecular weight excluding hydrogens is 628 g/mol. The zero-order valence-corrected chi connectivity index (χ0v) is 26.8. The molecule has 0 radical (unpaired) electrons. The van der Waals surface area contributed by atoms with Gasteiger partial charge in [-0.2, -0.15) is 5.10 Å². The second-order valence-corrected chi connectivity index (χ2v) is 11.7. The highest BCUT2D eigenvalue weighted by Gasteiger charge is 2.34. The van der Waals surface area contributed by atoms with Gasteiger partial charge in [0, 0.05) is 29.3 Å². The van der Waals surface area contributed by atoms with E-state index < -0.39 is 18.0 Å². The molecule has 1 aliphatic rings. The van der Waals surface area contributed by atoms with Gasteiger partial charge in [-0.3, -0.25) is 14.2 Å². The zero-order valence-electron chi connectivity index (χ0n) is 25.2. The number of aromatic nitrogens is 3. The second-order valence-electron chi connectivity index (χ2n) is 10.3. The molecule has 1 aliphatic heterocycles. The van der Waals surface area contributed by atoms with Gasteiger partial charge in [0.25, 0.3) is 5.56 Å². The van der Waals surface area contributed by atoms with Crippen molar-refractivity contribution < 1.29 is 23.8 Å². The number of nitrogens with zero attached hydrogens (tertiary/aromatic N) is 4. The van der Waals surface area contributed by atoms with Crippen LogP contribution in [-0.2, 0) is 14.3 Å². The van der Waals surface area contributed by atoms with Crippen molar-refractivity contribution in [2.24, 2.45) is 4.99 Å². The lowest BCUT2D eigenvalue weighted by Crippen LogP contribution is -2.39. The lowest BCUT2D eigenvalue weighted by atomic mass is 9.95. The van der Waals surface area contributed by atoms with Crippen LogP contribution >= 0.6 is 22.9 Å². The number of para-hydroxylation sites is 1. The van der Waals surface area contributed by atoms with Gasteiger partial charge in [0.05, 0.1) is 41.8 Å². The first-order chi connectivity index (χ1) is 22.2. The van der Waals surface area contributed by atoms with E-state index >= 15 is 0 Å². The molecule has 0 saturated heterocycles. The highest BCUT2D eigenvalue weighted by molar-refractivity contribution is 7.07. The number of methoxy groups -OCH3 is 2. The Labute approximate surface area is 272 Å². The molecule has 0 N–H and O–H groups in total. The summed E-state index contributed by atoms with van der Waals surface area (Å²) in [5, 5.41) is 5.45. The maximum atomic E-state index is 14.3. The summed E-state index contributed by atoms with van der Waals surface area (Å²) in [7, 11) is 2.71. The number of thiazole rings is 1. The van der Waals surface area contributed by atoms with Gasteiger partial charge < -0.3 is 14.2 Å². The van der Waals surface area contributed by atoms with E-state index in [-0.39, 0.29) is 22.6 Å². The van der Waals surface area contributed by atoms with Crippen molar-refractivity contribution in [1.82, 2.24) is 14.3 Å². The third-order valence-electron chi connectivity index (χ3n) is 7.35. The molecule has 0 unspecified atom stereocenters. The van der Waals surface area contributed by atoms with E-state index in [9.17, 15) is 14.4 Å². The van der Waals surface area contributed by atoms with E-state index in [1.54, 1.807) is 48.0 Å². The van der Waals surface area contributed by atoms with Crippen LogP contribution < -0.4 is 24.4 Å². The number of benzene rings is 3. The monoisotopic (exact) mass is 654 g/mol. The summed E-state index contributed by atoms with van der Waals surface area (Å²) in [4.78, 5) is 44.1. The molecule has 6 rings (SSSR count). The summed E-state index contributed by atoms with van der Waals surface area (Å²) in [6.45, 7) is 2.98. The van der Waals surface area contributed by atoms with Crippen LogP contribution in [0.4, 0.5) is 0 Å². The van der Waals surface area contributed by atoms with Crippen LogP contribution in [0.5, 0.6) is 11.5 Å². The Morgan fingerprint density at radius 3 is 2.41 bits per heavy atom. The number of carbonyl (C=O) groups excluding carboxylic acids is 2. The fraction of sp³-hybridized carbons (Fsp3) is 0.147. The van der Waals surface area contributed by atoms with Crippen LogP contribution in [0.15, 0.2) is 100 Å². The number of hydrogen-bond acceptors (Lipinski definition) is 9. The molecule has 0 aliphatic carbocycles. The smallest absolute Gasteiger partial charge is 0.338 e. The summed E-state index contributed by atoms with van der Waals surface area (Å²) in [6, 6.07) is 20.9.